The molecule has 0 saturated heterocycles. The summed E-state index contributed by atoms with van der Waals surface area (Å²) in [5.41, 5.74) is 1.48. The van der Waals surface area contributed by atoms with Gasteiger partial charge in [0.05, 0.1) is 5.39 Å². The van der Waals surface area contributed by atoms with Gasteiger partial charge >= 0.3 is 0 Å². The van der Waals surface area contributed by atoms with Crippen molar-refractivity contribution in [3.63, 3.8) is 0 Å². The van der Waals surface area contributed by atoms with Crippen LogP contribution in [0.5, 0.6) is 5.75 Å². The number of hydrogen-bond donors (Lipinski definition) is 1. The highest BCUT2D eigenvalue weighted by Crippen LogP contribution is 2.36. The molecule has 0 saturated carbocycles. The summed E-state index contributed by atoms with van der Waals surface area (Å²) in [6.45, 7) is 3.06. The Balaban J connectivity index is 2.20. The first-order chi connectivity index (χ1) is 8.56. The van der Waals surface area contributed by atoms with Crippen molar-refractivity contribution in [2.45, 2.75) is 25.8 Å². The number of rotatable bonds is 0. The van der Waals surface area contributed by atoms with Gasteiger partial charge in [-0.25, -0.2) is 4.39 Å². The molecule has 1 unspecified atom stereocenters. The van der Waals surface area contributed by atoms with Gasteiger partial charge in [-0.3, -0.25) is 0 Å². The summed E-state index contributed by atoms with van der Waals surface area (Å²) in [6, 6.07) is 2.88. The first-order valence-electron chi connectivity index (χ1n) is 6.19. The number of fused-ring (bicyclic) bond motifs is 3. The van der Waals surface area contributed by atoms with Crippen molar-refractivity contribution in [3.05, 3.63) is 29.3 Å². The van der Waals surface area contributed by atoms with Crippen LogP contribution in [-0.2, 0) is 12.8 Å². The molecule has 0 spiro atoms. The Bertz CT molecular complexity index is 605. The number of likely N-dealkylation sites (N-methyl/N-ethyl adjacent to an activating group) is 1. The quantitative estimate of drug-likeness (QED) is 0.780. The fourth-order valence-corrected chi connectivity index (χ4v) is 2.65. The van der Waals surface area contributed by atoms with E-state index >= 15 is 0 Å². The number of nitrogens with zero attached hydrogens (tertiary/aromatic N) is 1. The summed E-state index contributed by atoms with van der Waals surface area (Å²) in [5.74, 6) is 0.393. The number of phenolic OH excluding ortho intramolecular Hbond substituents is 1. The van der Waals surface area contributed by atoms with Crippen molar-refractivity contribution in [1.82, 2.24) is 4.90 Å². The highest BCUT2D eigenvalue weighted by Gasteiger charge is 2.24. The van der Waals surface area contributed by atoms with Gasteiger partial charge in [-0.05, 0) is 20.4 Å². The molecule has 0 bridgehead atoms. The molecule has 1 aromatic heterocycles. The second-order valence-corrected chi connectivity index (χ2v) is 5.09. The molecule has 0 amide bonds. The minimum atomic E-state index is -0.464. The number of aromatic hydroxyl groups is 1. The fraction of sp³-hybridized carbons (Fsp3) is 0.429. The number of furan rings is 1. The number of benzene rings is 1. The lowest BCUT2D eigenvalue weighted by Gasteiger charge is -2.20. The molecule has 1 aliphatic heterocycles. The molecule has 1 N–H and O–H groups in total. The predicted molar refractivity (Wildman–Crippen MR) is 67.3 cm³/mol. The summed E-state index contributed by atoms with van der Waals surface area (Å²) in [4.78, 5) is 2.27. The third-order valence-corrected chi connectivity index (χ3v) is 3.87. The summed E-state index contributed by atoms with van der Waals surface area (Å²) in [6.07, 6.45) is 1.62. The Hall–Kier alpha value is -1.55. The van der Waals surface area contributed by atoms with Crippen molar-refractivity contribution >= 4 is 11.0 Å². The van der Waals surface area contributed by atoms with Crippen LogP contribution < -0.4 is 0 Å². The van der Waals surface area contributed by atoms with Crippen LogP contribution in [0.1, 0.15) is 18.2 Å². The maximum Gasteiger partial charge on any atom is 0.141 e. The molecular weight excluding hydrogens is 233 g/mol. The van der Waals surface area contributed by atoms with Gasteiger partial charge in [0.25, 0.3) is 0 Å². The zero-order chi connectivity index (χ0) is 12.9. The molecule has 3 nitrogen and oxygen atoms in total. The average molecular weight is 249 g/mol. The maximum absolute atomic E-state index is 13.3. The summed E-state index contributed by atoms with van der Waals surface area (Å²) in [7, 11) is 2.08. The topological polar surface area (TPSA) is 36.6 Å². The zero-order valence-electron chi connectivity index (χ0n) is 10.5. The van der Waals surface area contributed by atoms with Crippen LogP contribution in [0.3, 0.4) is 0 Å². The third kappa shape index (κ3) is 1.68. The Morgan fingerprint density at radius 2 is 2.22 bits per heavy atom. The van der Waals surface area contributed by atoms with Crippen molar-refractivity contribution in [2.75, 3.05) is 13.6 Å². The van der Waals surface area contributed by atoms with Crippen LogP contribution in [0.2, 0.25) is 0 Å². The van der Waals surface area contributed by atoms with Gasteiger partial charge in [0.1, 0.15) is 22.9 Å². The van der Waals surface area contributed by atoms with E-state index in [4.69, 9.17) is 4.42 Å². The lowest BCUT2D eigenvalue weighted by molar-refractivity contribution is 0.262. The first-order valence-corrected chi connectivity index (χ1v) is 6.19. The van der Waals surface area contributed by atoms with E-state index in [-0.39, 0.29) is 5.75 Å². The van der Waals surface area contributed by atoms with E-state index in [2.05, 4.69) is 18.9 Å². The number of phenols is 1. The lowest BCUT2D eigenvalue weighted by atomic mass is 10.1. The van der Waals surface area contributed by atoms with Gasteiger partial charge in [-0.15, -0.1) is 0 Å². The summed E-state index contributed by atoms with van der Waals surface area (Å²) < 4.78 is 19.0. The largest absolute Gasteiger partial charge is 0.507 e. The van der Waals surface area contributed by atoms with Crippen LogP contribution in [0.15, 0.2) is 16.5 Å². The normalized spacial score (nSPS) is 20.9. The molecule has 2 heterocycles. The minimum absolute atomic E-state index is 0.0211. The molecular formula is C14H16FNO2. The van der Waals surface area contributed by atoms with E-state index in [1.165, 1.54) is 6.07 Å². The van der Waals surface area contributed by atoms with Gasteiger partial charge in [-0.1, -0.05) is 0 Å². The molecule has 4 heteroatoms. The highest BCUT2D eigenvalue weighted by atomic mass is 19.1. The minimum Gasteiger partial charge on any atom is -0.507 e. The molecule has 1 aliphatic rings. The smallest absolute Gasteiger partial charge is 0.141 e. The highest BCUT2D eigenvalue weighted by molar-refractivity contribution is 5.88. The Morgan fingerprint density at radius 1 is 1.44 bits per heavy atom. The molecule has 3 rings (SSSR count). The lowest BCUT2D eigenvalue weighted by Crippen LogP contribution is -2.30. The number of halogens is 1. The van der Waals surface area contributed by atoms with E-state index in [1.807, 2.05) is 0 Å². The Labute approximate surface area is 105 Å². The molecule has 2 aromatic rings. The summed E-state index contributed by atoms with van der Waals surface area (Å²) >= 11 is 0. The van der Waals surface area contributed by atoms with E-state index < -0.39 is 5.82 Å². The van der Waals surface area contributed by atoms with Crippen molar-refractivity contribution in [2.24, 2.45) is 0 Å². The van der Waals surface area contributed by atoms with E-state index in [1.54, 1.807) is 0 Å². The van der Waals surface area contributed by atoms with Gasteiger partial charge in [0.2, 0.25) is 0 Å². The van der Waals surface area contributed by atoms with Gasteiger partial charge in [0.15, 0.2) is 0 Å². The molecule has 96 valence electrons. The fourth-order valence-electron chi connectivity index (χ4n) is 2.65. The molecule has 0 aliphatic carbocycles. The van der Waals surface area contributed by atoms with Gasteiger partial charge in [-0.2, -0.15) is 0 Å². The molecule has 0 fully saturated rings. The predicted octanol–water partition coefficient (Wildman–Crippen LogP) is 2.70. The van der Waals surface area contributed by atoms with Crippen LogP contribution >= 0.6 is 0 Å². The van der Waals surface area contributed by atoms with Crippen LogP contribution in [-0.4, -0.2) is 29.6 Å². The van der Waals surface area contributed by atoms with Crippen molar-refractivity contribution in [3.8, 4) is 5.75 Å². The SMILES string of the molecule is CC1Cc2oc3cc(F)cc(O)c3c2CCN1C. The Morgan fingerprint density at radius 3 is 3.00 bits per heavy atom. The van der Waals surface area contributed by atoms with Crippen LogP contribution in [0, 0.1) is 5.82 Å². The van der Waals surface area contributed by atoms with E-state index in [0.717, 1.165) is 36.8 Å². The maximum atomic E-state index is 13.3. The van der Waals surface area contributed by atoms with E-state index in [0.29, 0.717) is 17.0 Å². The van der Waals surface area contributed by atoms with Crippen molar-refractivity contribution < 1.29 is 13.9 Å². The standard InChI is InChI=1S/C14H16FNO2/c1-8-5-12-10(3-4-16(8)2)14-11(17)6-9(15)7-13(14)18-12/h6-8,17H,3-5H2,1-2H3. The van der Waals surface area contributed by atoms with E-state index in [9.17, 15) is 9.50 Å². The first kappa shape index (κ1) is 11.5. The number of hydrogen-bond acceptors (Lipinski definition) is 3. The monoisotopic (exact) mass is 249 g/mol. The molecule has 1 atom stereocenters. The van der Waals surface area contributed by atoms with Crippen LogP contribution in [0.25, 0.3) is 11.0 Å². The average Bonchev–Trinajstić information content (AvgIpc) is 2.56. The molecule has 1 aromatic carbocycles. The zero-order valence-corrected chi connectivity index (χ0v) is 10.5. The second kappa shape index (κ2) is 3.99. The van der Waals surface area contributed by atoms with Crippen LogP contribution in [0.4, 0.5) is 4.39 Å². The Kier molecular flexibility index (Phi) is 2.55. The third-order valence-electron chi connectivity index (χ3n) is 3.87. The molecule has 18 heavy (non-hydrogen) atoms. The van der Waals surface area contributed by atoms with Crippen molar-refractivity contribution in [1.29, 1.82) is 0 Å². The summed E-state index contributed by atoms with van der Waals surface area (Å²) in [5, 5.41) is 10.6. The van der Waals surface area contributed by atoms with Gasteiger partial charge in [0, 0.05) is 36.7 Å². The van der Waals surface area contributed by atoms with Gasteiger partial charge < -0.3 is 14.4 Å². The molecule has 0 radical (unpaired) electrons. The second-order valence-electron chi connectivity index (χ2n) is 5.09.